The van der Waals surface area contributed by atoms with Crippen molar-refractivity contribution in [3.8, 4) is 11.3 Å². The number of hydrogen-bond donors (Lipinski definition) is 1. The molecule has 2 atom stereocenters. The Hall–Kier alpha value is -3.00. The molecule has 2 aromatic carbocycles. The van der Waals surface area contributed by atoms with Crippen molar-refractivity contribution in [2.24, 2.45) is 5.41 Å². The molecule has 3 heterocycles. The Balaban J connectivity index is 1.50. The van der Waals surface area contributed by atoms with Crippen LogP contribution in [0.4, 0.5) is 4.79 Å². The van der Waals surface area contributed by atoms with E-state index in [1.807, 2.05) is 47.4 Å². The van der Waals surface area contributed by atoms with Crippen LogP contribution in [0.5, 0.6) is 0 Å². The average Bonchev–Trinajstić information content (AvgIpc) is 3.36. The number of amides is 2. The molecule has 0 saturated carbocycles. The molecule has 8 heteroatoms. The van der Waals surface area contributed by atoms with E-state index < -0.39 is 11.6 Å². The number of hydrogen-bond acceptors (Lipinski definition) is 4. The summed E-state index contributed by atoms with van der Waals surface area (Å²) in [4.78, 5) is 37.8. The maximum Gasteiger partial charge on any atom is 0.407 e. The molecular weight excluding hydrogens is 484 g/mol. The van der Waals surface area contributed by atoms with Gasteiger partial charge in [0, 0.05) is 34.1 Å². The number of likely N-dealkylation sites (tertiary alicyclic amines) is 2. The Bertz CT molecular complexity index is 1290. The largest absolute Gasteiger partial charge is 0.465 e. The Morgan fingerprint density at radius 2 is 1.94 bits per heavy atom. The number of rotatable bonds is 2. The maximum atomic E-state index is 13.6. The molecule has 0 spiro atoms. The van der Waals surface area contributed by atoms with Crippen LogP contribution in [-0.2, 0) is 0 Å². The van der Waals surface area contributed by atoms with E-state index in [1.54, 1.807) is 4.90 Å². The number of carbonyl (C=O) groups is 2. The first-order valence-electron chi connectivity index (χ1n) is 10.9. The third-order valence-corrected chi connectivity index (χ3v) is 7.72. The first-order chi connectivity index (χ1) is 15.6. The molecule has 2 bridgehead atoms. The first kappa shape index (κ1) is 21.8. The highest BCUT2D eigenvalue weighted by Crippen LogP contribution is 2.50. The average molecular weight is 509 g/mol. The molecule has 1 aromatic heterocycles. The predicted molar refractivity (Wildman–Crippen MR) is 129 cm³/mol. The molecule has 2 amide bonds. The van der Waals surface area contributed by atoms with Gasteiger partial charge in [-0.2, -0.15) is 0 Å². The summed E-state index contributed by atoms with van der Waals surface area (Å²) >= 11 is 3.51. The van der Waals surface area contributed by atoms with Crippen LogP contribution < -0.4 is 0 Å². The van der Waals surface area contributed by atoms with Gasteiger partial charge in [-0.15, -0.1) is 0 Å². The van der Waals surface area contributed by atoms with E-state index in [0.717, 1.165) is 26.6 Å². The molecular formula is C25H25BrN4O3. The number of halogens is 1. The lowest BCUT2D eigenvalue weighted by Gasteiger charge is -2.48. The van der Waals surface area contributed by atoms with Crippen LogP contribution in [0.1, 0.15) is 37.6 Å². The van der Waals surface area contributed by atoms with Crippen molar-refractivity contribution in [3.63, 3.8) is 0 Å². The molecule has 1 N–H and O–H groups in total. The van der Waals surface area contributed by atoms with E-state index >= 15 is 0 Å². The maximum absolute atomic E-state index is 13.6. The van der Waals surface area contributed by atoms with Crippen molar-refractivity contribution in [1.82, 2.24) is 19.8 Å². The van der Waals surface area contributed by atoms with Gasteiger partial charge in [0.05, 0.1) is 22.8 Å². The molecule has 2 saturated heterocycles. The monoisotopic (exact) mass is 508 g/mol. The van der Waals surface area contributed by atoms with Gasteiger partial charge >= 0.3 is 6.09 Å². The molecule has 33 heavy (non-hydrogen) atoms. The fourth-order valence-electron chi connectivity index (χ4n) is 5.39. The zero-order valence-corrected chi connectivity index (χ0v) is 20.3. The van der Waals surface area contributed by atoms with E-state index in [2.05, 4.69) is 46.7 Å². The highest BCUT2D eigenvalue weighted by atomic mass is 79.9. The Morgan fingerprint density at radius 3 is 2.67 bits per heavy atom. The zero-order chi connectivity index (χ0) is 23.5. The molecule has 5 rings (SSSR count). The summed E-state index contributed by atoms with van der Waals surface area (Å²) in [5, 5.41) is 10.7. The Kier molecular flexibility index (Phi) is 4.97. The molecule has 0 radical (unpaired) electrons. The molecule has 0 aliphatic carbocycles. The third-order valence-electron chi connectivity index (χ3n) is 7.22. The Labute approximate surface area is 200 Å². The van der Waals surface area contributed by atoms with Gasteiger partial charge in [-0.3, -0.25) is 9.69 Å². The second-order valence-corrected chi connectivity index (χ2v) is 10.8. The Morgan fingerprint density at radius 1 is 1.15 bits per heavy atom. The molecule has 170 valence electrons. The summed E-state index contributed by atoms with van der Waals surface area (Å²) in [7, 11) is 0. The minimum Gasteiger partial charge on any atom is -0.465 e. The van der Waals surface area contributed by atoms with Gasteiger partial charge in [-0.25, -0.2) is 14.8 Å². The molecule has 2 aliphatic heterocycles. The summed E-state index contributed by atoms with van der Waals surface area (Å²) in [6.45, 7) is 6.91. The van der Waals surface area contributed by atoms with Crippen LogP contribution in [0, 0.1) is 5.41 Å². The third kappa shape index (κ3) is 3.39. The topological polar surface area (TPSA) is 86.6 Å². The van der Waals surface area contributed by atoms with Gasteiger partial charge in [0.15, 0.2) is 0 Å². The highest BCUT2D eigenvalue weighted by molar-refractivity contribution is 9.10. The van der Waals surface area contributed by atoms with Crippen molar-refractivity contribution >= 4 is 38.8 Å². The molecule has 2 aliphatic rings. The second-order valence-electron chi connectivity index (χ2n) is 9.93. The lowest BCUT2D eigenvalue weighted by atomic mass is 9.73. The van der Waals surface area contributed by atoms with E-state index in [1.165, 1.54) is 6.33 Å². The van der Waals surface area contributed by atoms with E-state index in [0.29, 0.717) is 25.1 Å². The van der Waals surface area contributed by atoms with Gasteiger partial charge in [-0.05, 0) is 42.2 Å². The van der Waals surface area contributed by atoms with Crippen LogP contribution >= 0.6 is 15.9 Å². The van der Waals surface area contributed by atoms with Crippen molar-refractivity contribution in [2.75, 3.05) is 13.1 Å². The SMILES string of the molecule is CC(C)(C)C12CC(CN1C(=O)O)N(C(=O)c1cccc(-c3ncnc4ccc(Br)cc34)c1)C2. The van der Waals surface area contributed by atoms with Crippen LogP contribution in [-0.4, -0.2) is 61.5 Å². The van der Waals surface area contributed by atoms with Gasteiger partial charge in [-0.1, -0.05) is 48.8 Å². The van der Waals surface area contributed by atoms with Crippen molar-refractivity contribution < 1.29 is 14.7 Å². The van der Waals surface area contributed by atoms with Crippen LogP contribution in [0.25, 0.3) is 22.2 Å². The standard InChI is InChI=1S/C25H25BrN4O3/c1-24(2,3)25-11-18(12-30(25)23(32)33)29(13-25)22(31)16-6-4-5-15(9-16)21-19-10-17(26)7-8-20(19)27-14-28-21/h4-10,14,18H,11-13H2,1-3H3,(H,32,33). The highest BCUT2D eigenvalue weighted by Gasteiger charge is 2.62. The van der Waals surface area contributed by atoms with Crippen molar-refractivity contribution in [3.05, 3.63) is 58.8 Å². The van der Waals surface area contributed by atoms with Gasteiger partial charge in [0.1, 0.15) is 6.33 Å². The van der Waals surface area contributed by atoms with Gasteiger partial charge < -0.3 is 10.0 Å². The number of fused-ring (bicyclic) bond motifs is 3. The van der Waals surface area contributed by atoms with E-state index in [9.17, 15) is 14.7 Å². The van der Waals surface area contributed by atoms with E-state index in [4.69, 9.17) is 0 Å². The predicted octanol–water partition coefficient (Wildman–Crippen LogP) is 5.05. The number of carboxylic acid groups (broad SMARTS) is 1. The summed E-state index contributed by atoms with van der Waals surface area (Å²) in [6, 6.07) is 13.2. The minimum absolute atomic E-state index is 0.0717. The van der Waals surface area contributed by atoms with Crippen LogP contribution in [0.2, 0.25) is 0 Å². The fourth-order valence-corrected chi connectivity index (χ4v) is 5.75. The summed E-state index contributed by atoms with van der Waals surface area (Å²) in [6.07, 6.45) is 1.29. The summed E-state index contributed by atoms with van der Waals surface area (Å²) in [5.41, 5.74) is 2.15. The minimum atomic E-state index is -0.914. The normalized spacial score (nSPS) is 22.2. The second kappa shape index (κ2) is 7.52. The lowest BCUT2D eigenvalue weighted by molar-refractivity contribution is 0.00420. The number of piperazine rings is 1. The molecule has 2 fully saturated rings. The number of nitrogens with zero attached hydrogens (tertiary/aromatic N) is 4. The quantitative estimate of drug-likeness (QED) is 0.523. The molecule has 7 nitrogen and oxygen atoms in total. The fraction of sp³-hybridized carbons (Fsp3) is 0.360. The van der Waals surface area contributed by atoms with E-state index in [-0.39, 0.29) is 17.4 Å². The smallest absolute Gasteiger partial charge is 0.407 e. The molecule has 3 aromatic rings. The van der Waals surface area contributed by atoms with Gasteiger partial charge in [0.2, 0.25) is 0 Å². The van der Waals surface area contributed by atoms with Crippen molar-refractivity contribution in [2.45, 2.75) is 38.8 Å². The summed E-state index contributed by atoms with van der Waals surface area (Å²) in [5.74, 6) is -0.0717. The van der Waals surface area contributed by atoms with Crippen molar-refractivity contribution in [1.29, 1.82) is 0 Å². The summed E-state index contributed by atoms with van der Waals surface area (Å²) < 4.78 is 0.932. The first-order valence-corrected chi connectivity index (χ1v) is 11.7. The lowest BCUT2D eigenvalue weighted by Crippen LogP contribution is -2.62. The van der Waals surface area contributed by atoms with Crippen LogP contribution in [0.15, 0.2) is 53.3 Å². The molecule has 2 unspecified atom stereocenters. The number of benzene rings is 2. The van der Waals surface area contributed by atoms with Crippen LogP contribution in [0.3, 0.4) is 0 Å². The zero-order valence-electron chi connectivity index (χ0n) is 18.7. The number of aromatic nitrogens is 2. The number of carbonyl (C=O) groups excluding carboxylic acids is 1. The van der Waals surface area contributed by atoms with Gasteiger partial charge in [0.25, 0.3) is 5.91 Å².